The molecule has 2 amide bonds. The molecule has 0 spiro atoms. The van der Waals surface area contributed by atoms with Crippen molar-refractivity contribution in [2.24, 2.45) is 5.73 Å². The van der Waals surface area contributed by atoms with Gasteiger partial charge in [0.2, 0.25) is 5.91 Å². The van der Waals surface area contributed by atoms with Crippen LogP contribution in [-0.2, 0) is 4.79 Å². The molecule has 146 valence electrons. The minimum absolute atomic E-state index is 0. The molecule has 26 heavy (non-hydrogen) atoms. The van der Waals surface area contributed by atoms with E-state index in [2.05, 4.69) is 6.92 Å². The van der Waals surface area contributed by atoms with Gasteiger partial charge in [-0.25, -0.2) is 0 Å². The number of likely N-dealkylation sites (tertiary alicyclic amines) is 1. The van der Waals surface area contributed by atoms with E-state index in [0.717, 1.165) is 37.8 Å². The first-order chi connectivity index (χ1) is 12.0. The molecule has 0 bridgehead atoms. The van der Waals surface area contributed by atoms with Gasteiger partial charge in [0.05, 0.1) is 0 Å². The Morgan fingerprint density at radius 2 is 1.85 bits per heavy atom. The maximum absolute atomic E-state index is 12.6. The topological polar surface area (TPSA) is 66.6 Å². The SMILES string of the molecule is CCCN(C(=O)CCC(C)N)C1CCN(C(=O)c2ccccc2)CC1.Cl. The second-order valence-corrected chi connectivity index (χ2v) is 6.99. The highest BCUT2D eigenvalue weighted by atomic mass is 35.5. The molecule has 1 heterocycles. The first kappa shape index (κ1) is 22.5. The van der Waals surface area contributed by atoms with Crippen LogP contribution in [0, 0.1) is 0 Å². The number of carbonyl (C=O) groups is 2. The minimum atomic E-state index is 0. The molecule has 0 aliphatic carbocycles. The van der Waals surface area contributed by atoms with Crippen LogP contribution < -0.4 is 5.73 Å². The average Bonchev–Trinajstić information content (AvgIpc) is 2.64. The van der Waals surface area contributed by atoms with Crippen LogP contribution in [0.5, 0.6) is 0 Å². The molecule has 0 radical (unpaired) electrons. The molecule has 6 heteroatoms. The lowest BCUT2D eigenvalue weighted by Gasteiger charge is -2.38. The lowest BCUT2D eigenvalue weighted by Crippen LogP contribution is -2.49. The summed E-state index contributed by atoms with van der Waals surface area (Å²) in [5.41, 5.74) is 6.52. The molecule has 0 aromatic heterocycles. The predicted molar refractivity (Wildman–Crippen MR) is 108 cm³/mol. The Hall–Kier alpha value is -1.59. The number of carbonyl (C=O) groups excluding carboxylic acids is 2. The van der Waals surface area contributed by atoms with Gasteiger partial charge in [0, 0.05) is 43.7 Å². The van der Waals surface area contributed by atoms with Crippen molar-refractivity contribution in [2.45, 2.75) is 58.0 Å². The van der Waals surface area contributed by atoms with Gasteiger partial charge in [-0.05, 0) is 44.7 Å². The third-order valence-electron chi connectivity index (χ3n) is 4.81. The summed E-state index contributed by atoms with van der Waals surface area (Å²) in [6.45, 7) is 6.23. The van der Waals surface area contributed by atoms with Crippen molar-refractivity contribution >= 4 is 24.2 Å². The van der Waals surface area contributed by atoms with Gasteiger partial charge in [0.1, 0.15) is 0 Å². The third-order valence-corrected chi connectivity index (χ3v) is 4.81. The summed E-state index contributed by atoms with van der Waals surface area (Å²) < 4.78 is 0. The van der Waals surface area contributed by atoms with Crippen LogP contribution in [0.15, 0.2) is 30.3 Å². The van der Waals surface area contributed by atoms with Crippen LogP contribution in [0.2, 0.25) is 0 Å². The van der Waals surface area contributed by atoms with E-state index in [1.807, 2.05) is 47.1 Å². The molecule has 1 saturated heterocycles. The van der Waals surface area contributed by atoms with E-state index >= 15 is 0 Å². The monoisotopic (exact) mass is 381 g/mol. The fourth-order valence-corrected chi connectivity index (χ4v) is 3.39. The molecule has 1 aromatic rings. The second kappa shape index (κ2) is 11.2. The Morgan fingerprint density at radius 1 is 1.23 bits per heavy atom. The number of hydrogen-bond donors (Lipinski definition) is 1. The van der Waals surface area contributed by atoms with E-state index < -0.39 is 0 Å². The Bertz CT molecular complexity index is 557. The average molecular weight is 382 g/mol. The molecule has 2 rings (SSSR count). The van der Waals surface area contributed by atoms with Gasteiger partial charge < -0.3 is 15.5 Å². The van der Waals surface area contributed by atoms with Crippen LogP contribution in [0.4, 0.5) is 0 Å². The van der Waals surface area contributed by atoms with Gasteiger partial charge in [0.25, 0.3) is 5.91 Å². The predicted octanol–water partition coefficient (Wildman–Crippen LogP) is 3.08. The summed E-state index contributed by atoms with van der Waals surface area (Å²) in [7, 11) is 0. The summed E-state index contributed by atoms with van der Waals surface area (Å²) in [4.78, 5) is 29.0. The van der Waals surface area contributed by atoms with Crippen molar-refractivity contribution in [1.82, 2.24) is 9.80 Å². The number of benzene rings is 1. The molecule has 5 nitrogen and oxygen atoms in total. The van der Waals surface area contributed by atoms with Crippen LogP contribution >= 0.6 is 12.4 Å². The number of piperidine rings is 1. The zero-order chi connectivity index (χ0) is 18.2. The zero-order valence-electron chi connectivity index (χ0n) is 15.9. The second-order valence-electron chi connectivity index (χ2n) is 6.99. The standard InChI is InChI=1S/C20H31N3O2.ClH/c1-3-13-23(19(24)10-9-16(2)21)18-11-14-22(15-12-18)20(25)17-7-5-4-6-8-17;/h4-8,16,18H,3,9-15,21H2,1-2H3;1H. The smallest absolute Gasteiger partial charge is 0.253 e. The molecule has 1 unspecified atom stereocenters. The highest BCUT2D eigenvalue weighted by molar-refractivity contribution is 5.94. The molecule has 1 aromatic carbocycles. The Kier molecular flexibility index (Phi) is 9.66. The van der Waals surface area contributed by atoms with Crippen LogP contribution in [0.3, 0.4) is 0 Å². The number of nitrogens with zero attached hydrogens (tertiary/aromatic N) is 2. The molecule has 2 N–H and O–H groups in total. The number of amides is 2. The largest absolute Gasteiger partial charge is 0.340 e. The maximum atomic E-state index is 12.6. The summed E-state index contributed by atoms with van der Waals surface area (Å²) >= 11 is 0. The highest BCUT2D eigenvalue weighted by Gasteiger charge is 2.29. The molecule has 1 fully saturated rings. The number of halogens is 1. The fourth-order valence-electron chi connectivity index (χ4n) is 3.39. The first-order valence-electron chi connectivity index (χ1n) is 9.42. The quantitative estimate of drug-likeness (QED) is 0.789. The van der Waals surface area contributed by atoms with Gasteiger partial charge in [-0.3, -0.25) is 9.59 Å². The summed E-state index contributed by atoms with van der Waals surface area (Å²) in [6, 6.07) is 9.70. The maximum Gasteiger partial charge on any atom is 0.253 e. The molecular formula is C20H32ClN3O2. The number of hydrogen-bond acceptors (Lipinski definition) is 3. The molecule has 0 saturated carbocycles. The normalized spacial score (nSPS) is 15.9. The highest BCUT2D eigenvalue weighted by Crippen LogP contribution is 2.20. The van der Waals surface area contributed by atoms with Crippen molar-refractivity contribution in [2.75, 3.05) is 19.6 Å². The number of rotatable bonds is 7. The summed E-state index contributed by atoms with van der Waals surface area (Å²) in [5.74, 6) is 0.288. The molecule has 1 atom stereocenters. The van der Waals surface area contributed by atoms with Gasteiger partial charge in [0.15, 0.2) is 0 Å². The number of nitrogens with two attached hydrogens (primary N) is 1. The van der Waals surface area contributed by atoms with Crippen LogP contribution in [0.1, 0.15) is 56.3 Å². The van der Waals surface area contributed by atoms with Crippen molar-refractivity contribution in [3.8, 4) is 0 Å². The molecular weight excluding hydrogens is 350 g/mol. The van der Waals surface area contributed by atoms with Crippen LogP contribution in [-0.4, -0.2) is 53.3 Å². The van der Waals surface area contributed by atoms with Crippen LogP contribution in [0.25, 0.3) is 0 Å². The van der Waals surface area contributed by atoms with Gasteiger partial charge in [-0.15, -0.1) is 12.4 Å². The lowest BCUT2D eigenvalue weighted by atomic mass is 10.0. The van der Waals surface area contributed by atoms with Crippen molar-refractivity contribution in [3.05, 3.63) is 35.9 Å². The summed E-state index contributed by atoms with van der Waals surface area (Å²) in [6.07, 6.45) is 3.89. The minimum Gasteiger partial charge on any atom is -0.340 e. The van der Waals surface area contributed by atoms with Gasteiger partial charge >= 0.3 is 0 Å². The third kappa shape index (κ3) is 6.29. The lowest BCUT2D eigenvalue weighted by molar-refractivity contribution is -0.134. The van der Waals surface area contributed by atoms with E-state index in [0.29, 0.717) is 19.5 Å². The summed E-state index contributed by atoms with van der Waals surface area (Å²) in [5, 5.41) is 0. The van der Waals surface area contributed by atoms with Crippen molar-refractivity contribution < 1.29 is 9.59 Å². The van der Waals surface area contributed by atoms with Gasteiger partial charge in [-0.2, -0.15) is 0 Å². The van der Waals surface area contributed by atoms with E-state index in [1.54, 1.807) is 0 Å². The van der Waals surface area contributed by atoms with E-state index in [9.17, 15) is 9.59 Å². The molecule has 1 aliphatic rings. The zero-order valence-corrected chi connectivity index (χ0v) is 16.7. The Labute approximate surface area is 163 Å². The Morgan fingerprint density at radius 3 is 2.38 bits per heavy atom. The van der Waals surface area contributed by atoms with Crippen molar-refractivity contribution in [3.63, 3.8) is 0 Å². The fraction of sp³-hybridized carbons (Fsp3) is 0.600. The van der Waals surface area contributed by atoms with Gasteiger partial charge in [-0.1, -0.05) is 25.1 Å². The first-order valence-corrected chi connectivity index (χ1v) is 9.42. The van der Waals surface area contributed by atoms with E-state index in [-0.39, 0.29) is 36.3 Å². The molecule has 1 aliphatic heterocycles. The van der Waals surface area contributed by atoms with Crippen molar-refractivity contribution in [1.29, 1.82) is 0 Å². The van der Waals surface area contributed by atoms with E-state index in [4.69, 9.17) is 5.73 Å². The Balaban J connectivity index is 0.00000338. The van der Waals surface area contributed by atoms with E-state index in [1.165, 1.54) is 0 Å².